The SMILES string of the molecule is C[C@H](N)Cc1c(F)ccc(Cl)c1F. The van der Waals surface area contributed by atoms with Crippen molar-refractivity contribution in [3.63, 3.8) is 0 Å². The third-order valence-electron chi connectivity index (χ3n) is 1.67. The largest absolute Gasteiger partial charge is 0.328 e. The Morgan fingerprint density at radius 3 is 2.62 bits per heavy atom. The molecule has 72 valence electrons. The van der Waals surface area contributed by atoms with Gasteiger partial charge in [0.05, 0.1) is 5.02 Å². The quantitative estimate of drug-likeness (QED) is 0.738. The molecule has 1 nitrogen and oxygen atoms in total. The summed E-state index contributed by atoms with van der Waals surface area (Å²) in [6, 6.07) is 2.04. The first-order valence-corrected chi connectivity index (χ1v) is 4.28. The maximum absolute atomic E-state index is 13.2. The highest BCUT2D eigenvalue weighted by Gasteiger charge is 2.13. The summed E-state index contributed by atoms with van der Waals surface area (Å²) in [6.45, 7) is 1.68. The molecule has 0 unspecified atom stereocenters. The van der Waals surface area contributed by atoms with Crippen LogP contribution in [0.4, 0.5) is 8.78 Å². The van der Waals surface area contributed by atoms with Gasteiger partial charge in [0, 0.05) is 11.6 Å². The summed E-state index contributed by atoms with van der Waals surface area (Å²) in [5, 5.41) is -0.0722. The highest BCUT2D eigenvalue weighted by Crippen LogP contribution is 2.21. The number of hydrogen-bond donors (Lipinski definition) is 1. The van der Waals surface area contributed by atoms with E-state index in [-0.39, 0.29) is 23.0 Å². The number of rotatable bonds is 2. The molecule has 4 heteroatoms. The Hall–Kier alpha value is -0.670. The van der Waals surface area contributed by atoms with E-state index < -0.39 is 11.6 Å². The summed E-state index contributed by atoms with van der Waals surface area (Å²) in [5.74, 6) is -1.31. The molecule has 0 heterocycles. The van der Waals surface area contributed by atoms with Gasteiger partial charge < -0.3 is 5.73 Å². The van der Waals surface area contributed by atoms with E-state index in [1.807, 2.05) is 0 Å². The second kappa shape index (κ2) is 4.03. The third-order valence-corrected chi connectivity index (χ3v) is 1.96. The Morgan fingerprint density at radius 1 is 1.46 bits per heavy atom. The van der Waals surface area contributed by atoms with Crippen LogP contribution in [0.5, 0.6) is 0 Å². The van der Waals surface area contributed by atoms with Crippen molar-refractivity contribution < 1.29 is 8.78 Å². The van der Waals surface area contributed by atoms with Gasteiger partial charge in [-0.3, -0.25) is 0 Å². The van der Waals surface area contributed by atoms with E-state index in [4.69, 9.17) is 17.3 Å². The Labute approximate surface area is 80.5 Å². The molecule has 0 aliphatic carbocycles. The fourth-order valence-electron chi connectivity index (χ4n) is 1.08. The van der Waals surface area contributed by atoms with E-state index in [0.717, 1.165) is 6.07 Å². The molecule has 1 atom stereocenters. The van der Waals surface area contributed by atoms with Crippen molar-refractivity contribution in [2.45, 2.75) is 19.4 Å². The Morgan fingerprint density at radius 2 is 2.08 bits per heavy atom. The summed E-state index contributed by atoms with van der Waals surface area (Å²) in [6.07, 6.45) is 0.151. The lowest BCUT2D eigenvalue weighted by molar-refractivity contribution is 0.542. The van der Waals surface area contributed by atoms with E-state index in [9.17, 15) is 8.78 Å². The molecular formula is C9H10ClF2N. The van der Waals surface area contributed by atoms with E-state index in [1.54, 1.807) is 6.92 Å². The second-order valence-corrected chi connectivity index (χ2v) is 3.41. The summed E-state index contributed by atoms with van der Waals surface area (Å²) >= 11 is 5.49. The number of benzene rings is 1. The summed E-state index contributed by atoms with van der Waals surface area (Å²) in [4.78, 5) is 0. The zero-order valence-corrected chi connectivity index (χ0v) is 7.91. The van der Waals surface area contributed by atoms with Crippen LogP contribution in [0.25, 0.3) is 0 Å². The Balaban J connectivity index is 3.10. The van der Waals surface area contributed by atoms with Crippen LogP contribution in [0.3, 0.4) is 0 Å². The van der Waals surface area contributed by atoms with Crippen molar-refractivity contribution in [2.24, 2.45) is 5.73 Å². The smallest absolute Gasteiger partial charge is 0.147 e. The molecule has 1 rings (SSSR count). The molecule has 0 saturated heterocycles. The van der Waals surface area contributed by atoms with Gasteiger partial charge in [-0.25, -0.2) is 8.78 Å². The first kappa shape index (κ1) is 10.4. The molecule has 1 aromatic carbocycles. The van der Waals surface area contributed by atoms with Gasteiger partial charge in [-0.2, -0.15) is 0 Å². The maximum Gasteiger partial charge on any atom is 0.147 e. The van der Waals surface area contributed by atoms with E-state index >= 15 is 0 Å². The molecule has 13 heavy (non-hydrogen) atoms. The van der Waals surface area contributed by atoms with Crippen LogP contribution in [0.15, 0.2) is 12.1 Å². The summed E-state index contributed by atoms with van der Waals surface area (Å²) in [5.41, 5.74) is 5.40. The Kier molecular flexibility index (Phi) is 3.22. The van der Waals surface area contributed by atoms with E-state index in [2.05, 4.69) is 0 Å². The predicted molar refractivity (Wildman–Crippen MR) is 48.7 cm³/mol. The van der Waals surface area contributed by atoms with Crippen LogP contribution in [0.2, 0.25) is 5.02 Å². The zero-order valence-electron chi connectivity index (χ0n) is 7.15. The fourth-order valence-corrected chi connectivity index (χ4v) is 1.26. The maximum atomic E-state index is 13.2. The molecule has 0 aliphatic rings. The molecule has 0 radical (unpaired) electrons. The average Bonchev–Trinajstić information content (AvgIpc) is 2.05. The number of hydrogen-bond acceptors (Lipinski definition) is 1. The first-order valence-electron chi connectivity index (χ1n) is 3.90. The molecule has 0 aromatic heterocycles. The van der Waals surface area contributed by atoms with Gasteiger partial charge in [-0.1, -0.05) is 11.6 Å². The summed E-state index contributed by atoms with van der Waals surface area (Å²) < 4.78 is 26.2. The standard InChI is InChI=1S/C9H10ClF2N/c1-5(13)4-6-8(11)3-2-7(10)9(6)12/h2-3,5H,4,13H2,1H3/t5-/m0/s1. The van der Waals surface area contributed by atoms with Crippen molar-refractivity contribution in [1.29, 1.82) is 0 Å². The molecule has 1 aromatic rings. The van der Waals surface area contributed by atoms with Crippen LogP contribution in [0, 0.1) is 11.6 Å². The van der Waals surface area contributed by atoms with Gasteiger partial charge >= 0.3 is 0 Å². The van der Waals surface area contributed by atoms with Gasteiger partial charge in [0.15, 0.2) is 0 Å². The first-order chi connectivity index (χ1) is 6.02. The van der Waals surface area contributed by atoms with Gasteiger partial charge in [0.2, 0.25) is 0 Å². The van der Waals surface area contributed by atoms with Crippen molar-refractivity contribution in [3.8, 4) is 0 Å². The monoisotopic (exact) mass is 205 g/mol. The molecule has 0 fully saturated rings. The van der Waals surface area contributed by atoms with Crippen LogP contribution < -0.4 is 5.73 Å². The lowest BCUT2D eigenvalue weighted by Crippen LogP contribution is -2.19. The molecule has 0 spiro atoms. The topological polar surface area (TPSA) is 26.0 Å². The fraction of sp³-hybridized carbons (Fsp3) is 0.333. The van der Waals surface area contributed by atoms with Crippen molar-refractivity contribution >= 4 is 11.6 Å². The molecule has 0 saturated carbocycles. The normalized spacial score (nSPS) is 13.0. The minimum absolute atomic E-state index is 0.0394. The molecule has 0 aliphatic heterocycles. The highest BCUT2D eigenvalue weighted by molar-refractivity contribution is 6.30. The lowest BCUT2D eigenvalue weighted by Gasteiger charge is -2.08. The number of nitrogens with two attached hydrogens (primary N) is 1. The van der Waals surface area contributed by atoms with E-state index in [0.29, 0.717) is 0 Å². The minimum atomic E-state index is -0.709. The van der Waals surface area contributed by atoms with E-state index in [1.165, 1.54) is 6.07 Å². The third kappa shape index (κ3) is 2.39. The molecule has 0 amide bonds. The molecular weight excluding hydrogens is 196 g/mol. The van der Waals surface area contributed by atoms with Crippen LogP contribution >= 0.6 is 11.6 Å². The average molecular weight is 206 g/mol. The minimum Gasteiger partial charge on any atom is -0.328 e. The van der Waals surface area contributed by atoms with Crippen LogP contribution in [0.1, 0.15) is 12.5 Å². The van der Waals surface area contributed by atoms with Gasteiger partial charge in [0.1, 0.15) is 11.6 Å². The number of halogens is 3. The van der Waals surface area contributed by atoms with Crippen molar-refractivity contribution in [2.75, 3.05) is 0 Å². The Bertz CT molecular complexity index is 313. The lowest BCUT2D eigenvalue weighted by atomic mass is 10.1. The van der Waals surface area contributed by atoms with Crippen LogP contribution in [-0.2, 0) is 6.42 Å². The van der Waals surface area contributed by atoms with Gasteiger partial charge in [-0.05, 0) is 25.5 Å². The van der Waals surface area contributed by atoms with Gasteiger partial charge in [-0.15, -0.1) is 0 Å². The predicted octanol–water partition coefficient (Wildman–Crippen LogP) is 2.51. The van der Waals surface area contributed by atoms with Crippen molar-refractivity contribution in [3.05, 3.63) is 34.4 Å². The van der Waals surface area contributed by atoms with Gasteiger partial charge in [0.25, 0.3) is 0 Å². The van der Waals surface area contributed by atoms with Crippen molar-refractivity contribution in [1.82, 2.24) is 0 Å². The zero-order chi connectivity index (χ0) is 10.0. The summed E-state index contributed by atoms with van der Waals surface area (Å²) in [7, 11) is 0. The highest BCUT2D eigenvalue weighted by atomic mass is 35.5. The second-order valence-electron chi connectivity index (χ2n) is 3.00. The molecule has 0 bridgehead atoms. The van der Waals surface area contributed by atoms with Crippen LogP contribution in [-0.4, -0.2) is 6.04 Å². The molecule has 2 N–H and O–H groups in total.